The number of nitrogens with zero attached hydrogens (tertiary/aromatic N) is 2. The van der Waals surface area contributed by atoms with Crippen molar-refractivity contribution in [2.75, 3.05) is 6.61 Å². The molecule has 0 aromatic carbocycles. The lowest BCUT2D eigenvalue weighted by atomic mass is 9.60. The first-order valence-electron chi connectivity index (χ1n) is 10.3. The second-order valence-electron chi connectivity index (χ2n) is 11.0. The van der Waals surface area contributed by atoms with Crippen LogP contribution < -0.4 is 0 Å². The van der Waals surface area contributed by atoms with Gasteiger partial charge in [-0.3, -0.25) is 4.79 Å². The van der Waals surface area contributed by atoms with Gasteiger partial charge < -0.3 is 19.9 Å². The smallest absolute Gasteiger partial charge is 0.214 e. The highest BCUT2D eigenvalue weighted by Gasteiger charge is 2.79. The third-order valence-corrected chi connectivity index (χ3v) is 8.29. The van der Waals surface area contributed by atoms with Crippen molar-refractivity contribution in [2.24, 2.45) is 0 Å². The van der Waals surface area contributed by atoms with Crippen LogP contribution in [-0.2, 0) is 14.3 Å². The Labute approximate surface area is 172 Å². The molecule has 4 rings (SSSR count). The maximum Gasteiger partial charge on any atom is 0.214 e. The van der Waals surface area contributed by atoms with Gasteiger partial charge in [-0.25, -0.2) is 0 Å². The van der Waals surface area contributed by atoms with E-state index in [9.17, 15) is 15.2 Å². The van der Waals surface area contributed by atoms with Crippen LogP contribution in [0.4, 0.5) is 0 Å². The van der Waals surface area contributed by atoms with Crippen LogP contribution in [0.25, 0.3) is 0 Å². The normalized spacial score (nSPS) is 40.2. The number of piperidine rings is 1. The SMILES string of the molecule is C=C1C2=C(CCC3(O2)C(=O)C2(CO2)C(C)(C)N(O)C3(C)C)C(C)(C)N(O)C1(C)C. The van der Waals surface area contributed by atoms with Crippen LogP contribution in [0, 0.1) is 0 Å². The van der Waals surface area contributed by atoms with Crippen molar-refractivity contribution >= 4 is 5.78 Å². The zero-order valence-corrected chi connectivity index (χ0v) is 18.8. The van der Waals surface area contributed by atoms with E-state index in [2.05, 4.69) is 6.58 Å². The molecule has 7 heteroatoms. The molecular formula is C22H34N2O5. The van der Waals surface area contributed by atoms with Crippen molar-refractivity contribution in [1.82, 2.24) is 10.1 Å². The Hall–Kier alpha value is -1.25. The Bertz CT molecular complexity index is 849. The van der Waals surface area contributed by atoms with E-state index in [0.717, 1.165) is 5.57 Å². The van der Waals surface area contributed by atoms with E-state index in [0.29, 0.717) is 24.2 Å². The van der Waals surface area contributed by atoms with E-state index in [4.69, 9.17) is 9.47 Å². The highest BCUT2D eigenvalue weighted by atomic mass is 16.6. The summed E-state index contributed by atoms with van der Waals surface area (Å²) in [5, 5.41) is 24.7. The summed E-state index contributed by atoms with van der Waals surface area (Å²) in [5.41, 5.74) is -4.13. The molecule has 4 aliphatic rings. The number of epoxide rings is 1. The highest BCUT2D eigenvalue weighted by molar-refractivity contribution is 6.01. The van der Waals surface area contributed by atoms with Crippen molar-refractivity contribution in [3.8, 4) is 0 Å². The van der Waals surface area contributed by atoms with Crippen LogP contribution in [0.3, 0.4) is 0 Å². The van der Waals surface area contributed by atoms with Gasteiger partial charge >= 0.3 is 0 Å². The second-order valence-corrected chi connectivity index (χ2v) is 11.0. The molecule has 2 saturated heterocycles. The third-order valence-electron chi connectivity index (χ3n) is 8.29. The molecule has 162 valence electrons. The van der Waals surface area contributed by atoms with Gasteiger partial charge in [0, 0.05) is 12.0 Å². The van der Waals surface area contributed by atoms with Gasteiger partial charge in [0.1, 0.15) is 5.76 Å². The number of hydrogen-bond donors (Lipinski definition) is 2. The Morgan fingerprint density at radius 2 is 1.41 bits per heavy atom. The monoisotopic (exact) mass is 406 g/mol. The first-order chi connectivity index (χ1) is 13.0. The van der Waals surface area contributed by atoms with E-state index in [1.807, 2.05) is 55.4 Å². The number of ether oxygens (including phenoxy) is 2. The van der Waals surface area contributed by atoms with Gasteiger partial charge in [0.25, 0.3) is 0 Å². The largest absolute Gasteiger partial charge is 0.477 e. The molecule has 0 saturated carbocycles. The molecule has 0 radical (unpaired) electrons. The molecule has 4 heterocycles. The summed E-state index contributed by atoms with van der Waals surface area (Å²) < 4.78 is 12.3. The minimum absolute atomic E-state index is 0.119. The van der Waals surface area contributed by atoms with Crippen LogP contribution in [0.15, 0.2) is 23.5 Å². The Morgan fingerprint density at radius 3 is 1.93 bits per heavy atom. The lowest BCUT2D eigenvalue weighted by Gasteiger charge is -2.62. The van der Waals surface area contributed by atoms with Gasteiger partial charge in [-0.05, 0) is 67.4 Å². The third kappa shape index (κ3) is 2.08. The number of ketones is 1. The van der Waals surface area contributed by atoms with Gasteiger partial charge in [-0.2, -0.15) is 10.1 Å². The molecule has 2 N–H and O–H groups in total. The van der Waals surface area contributed by atoms with Crippen LogP contribution in [-0.4, -0.2) is 66.3 Å². The fraction of sp³-hybridized carbons (Fsp3) is 0.773. The summed E-state index contributed by atoms with van der Waals surface area (Å²) in [6.07, 6.45) is 0.939. The van der Waals surface area contributed by atoms with Gasteiger partial charge in [0.15, 0.2) is 11.2 Å². The zero-order chi connectivity index (χ0) is 22.0. The molecule has 7 nitrogen and oxygen atoms in total. The molecule has 0 amide bonds. The molecule has 2 atom stereocenters. The number of rotatable bonds is 0. The first kappa shape index (κ1) is 21.0. The average Bonchev–Trinajstić information content (AvgIpc) is 3.45. The average molecular weight is 407 g/mol. The minimum Gasteiger partial charge on any atom is -0.477 e. The molecule has 4 aliphatic heterocycles. The summed E-state index contributed by atoms with van der Waals surface area (Å²) in [6, 6.07) is 0. The van der Waals surface area contributed by atoms with Crippen LogP contribution >= 0.6 is 0 Å². The standard InChI is InChI=1S/C22H34N2O5/c1-13-15-14(18(4,5)23(26)17(13,2)3)10-11-21(29-15)16(25)22(12-28-22)20(8,9)24(27)19(21,6)7/h26-27H,1,10-12H2,2-9H3. The van der Waals surface area contributed by atoms with Crippen molar-refractivity contribution in [3.05, 3.63) is 23.5 Å². The summed E-state index contributed by atoms with van der Waals surface area (Å²) in [5.74, 6) is 0.452. The van der Waals surface area contributed by atoms with Gasteiger partial charge in [-0.15, -0.1) is 0 Å². The molecule has 0 aliphatic carbocycles. The zero-order valence-electron chi connectivity index (χ0n) is 18.8. The number of carbonyl (C=O) groups excluding carboxylic acids is 1. The van der Waals surface area contributed by atoms with E-state index in [1.165, 1.54) is 10.1 Å². The maximum absolute atomic E-state index is 13.9. The summed E-state index contributed by atoms with van der Waals surface area (Å²) in [6.45, 7) is 19.5. The summed E-state index contributed by atoms with van der Waals surface area (Å²) in [7, 11) is 0. The topological polar surface area (TPSA) is 85.8 Å². The van der Waals surface area contributed by atoms with E-state index in [-0.39, 0.29) is 12.4 Å². The second kappa shape index (κ2) is 5.32. The number of hydrogen-bond acceptors (Lipinski definition) is 7. The van der Waals surface area contributed by atoms with Gasteiger partial charge in [0.2, 0.25) is 5.78 Å². The lowest BCUT2D eigenvalue weighted by Crippen LogP contribution is -2.81. The Balaban J connectivity index is 1.89. The number of Topliss-reactive ketones (excluding diaryl/α,β-unsaturated/α-hetero) is 1. The molecule has 0 aromatic heterocycles. The quantitative estimate of drug-likeness (QED) is 0.598. The predicted octanol–water partition coefficient (Wildman–Crippen LogP) is 3.21. The molecular weight excluding hydrogens is 372 g/mol. The predicted molar refractivity (Wildman–Crippen MR) is 106 cm³/mol. The van der Waals surface area contributed by atoms with Crippen LogP contribution in [0.1, 0.15) is 68.2 Å². The first-order valence-corrected chi connectivity index (χ1v) is 10.3. The molecule has 2 unspecified atom stereocenters. The molecule has 2 fully saturated rings. The molecule has 2 spiro atoms. The van der Waals surface area contributed by atoms with Crippen molar-refractivity contribution < 1.29 is 24.7 Å². The summed E-state index contributed by atoms with van der Waals surface area (Å²) in [4.78, 5) is 13.9. The van der Waals surface area contributed by atoms with Crippen LogP contribution in [0.5, 0.6) is 0 Å². The molecule has 0 aromatic rings. The number of hydroxylamine groups is 4. The number of carbonyl (C=O) groups is 1. The van der Waals surface area contributed by atoms with Crippen molar-refractivity contribution in [2.45, 2.75) is 102 Å². The van der Waals surface area contributed by atoms with E-state index < -0.39 is 33.4 Å². The van der Waals surface area contributed by atoms with Crippen LogP contribution in [0.2, 0.25) is 0 Å². The molecule has 29 heavy (non-hydrogen) atoms. The van der Waals surface area contributed by atoms with E-state index >= 15 is 0 Å². The Morgan fingerprint density at radius 1 is 0.897 bits per heavy atom. The fourth-order valence-electron chi connectivity index (χ4n) is 5.83. The van der Waals surface area contributed by atoms with Crippen molar-refractivity contribution in [1.29, 1.82) is 0 Å². The lowest BCUT2D eigenvalue weighted by molar-refractivity contribution is -0.304. The Kier molecular flexibility index (Phi) is 3.85. The van der Waals surface area contributed by atoms with E-state index in [1.54, 1.807) is 0 Å². The van der Waals surface area contributed by atoms with Crippen molar-refractivity contribution in [3.63, 3.8) is 0 Å². The minimum atomic E-state index is -1.28. The van der Waals surface area contributed by atoms with Gasteiger partial charge in [0.05, 0.1) is 28.8 Å². The van der Waals surface area contributed by atoms with Gasteiger partial charge in [-0.1, -0.05) is 6.58 Å². The summed E-state index contributed by atoms with van der Waals surface area (Å²) >= 11 is 0. The molecule has 0 bridgehead atoms. The fourth-order valence-corrected chi connectivity index (χ4v) is 5.83. The highest BCUT2D eigenvalue weighted by Crippen LogP contribution is 2.60. The maximum atomic E-state index is 13.9.